The summed E-state index contributed by atoms with van der Waals surface area (Å²) in [4.78, 5) is 0. The van der Waals surface area contributed by atoms with Crippen molar-refractivity contribution in [2.75, 3.05) is 0 Å². The van der Waals surface area contributed by atoms with Crippen LogP contribution >= 0.6 is 0 Å². The summed E-state index contributed by atoms with van der Waals surface area (Å²) in [6, 6.07) is 7.47. The minimum absolute atomic E-state index is 0.611. The zero-order chi connectivity index (χ0) is 18.2. The Labute approximate surface area is 151 Å². The van der Waals surface area contributed by atoms with E-state index in [0.29, 0.717) is 11.5 Å². The van der Waals surface area contributed by atoms with Crippen LogP contribution in [0.15, 0.2) is 40.1 Å². The van der Waals surface area contributed by atoms with E-state index in [1.165, 1.54) is 11.1 Å². The van der Waals surface area contributed by atoms with Crippen LogP contribution in [0.5, 0.6) is 0 Å². The van der Waals surface area contributed by atoms with Crippen LogP contribution in [0.4, 0.5) is 0 Å². The molecule has 1 heteroatoms. The molecule has 2 unspecified atom stereocenters. The van der Waals surface area contributed by atoms with Crippen LogP contribution < -0.4 is 5.19 Å². The first-order valence-electron chi connectivity index (χ1n) is 9.70. The van der Waals surface area contributed by atoms with Crippen LogP contribution in [0.2, 0.25) is 12.1 Å². The van der Waals surface area contributed by atoms with Gasteiger partial charge in [-0.05, 0) is 61.8 Å². The fraction of sp³-hybridized carbons (Fsp3) is 0.565. The van der Waals surface area contributed by atoms with Crippen LogP contribution in [-0.2, 0) is 12.8 Å². The highest BCUT2D eigenvalue weighted by Gasteiger charge is 2.43. The molecular formula is C23H36Si. The molecule has 0 aromatic heterocycles. The maximum Gasteiger partial charge on any atom is 0.114 e. The topological polar surface area (TPSA) is 0 Å². The van der Waals surface area contributed by atoms with Crippen molar-refractivity contribution in [3.8, 4) is 0 Å². The Kier molecular flexibility index (Phi) is 5.64. The van der Waals surface area contributed by atoms with Gasteiger partial charge in [-0.3, -0.25) is 0 Å². The fourth-order valence-electron chi connectivity index (χ4n) is 4.47. The third kappa shape index (κ3) is 2.96. The predicted octanol–water partition coefficient (Wildman–Crippen LogP) is 6.35. The van der Waals surface area contributed by atoms with Gasteiger partial charge in [-0.1, -0.05) is 80.9 Å². The molecule has 0 nitrogen and oxygen atoms in total. The first kappa shape index (κ1) is 19.2. The van der Waals surface area contributed by atoms with Gasteiger partial charge in [0.25, 0.3) is 0 Å². The summed E-state index contributed by atoms with van der Waals surface area (Å²) in [5.41, 5.74) is 8.44. The molecule has 24 heavy (non-hydrogen) atoms. The van der Waals surface area contributed by atoms with Crippen molar-refractivity contribution < 1.29 is 0 Å². The van der Waals surface area contributed by atoms with Gasteiger partial charge in [0.15, 0.2) is 0 Å². The molecule has 0 saturated heterocycles. The lowest BCUT2D eigenvalue weighted by Gasteiger charge is -2.38. The molecule has 0 radical (unpaired) electrons. The first-order valence-corrected chi connectivity index (χ1v) is 12.3. The van der Waals surface area contributed by atoms with Crippen LogP contribution in [0.25, 0.3) is 0 Å². The summed E-state index contributed by atoms with van der Waals surface area (Å²) in [6.45, 7) is 21.6. The summed E-state index contributed by atoms with van der Waals surface area (Å²) in [6.07, 6.45) is 2.26. The number of hydrogen-bond donors (Lipinski definition) is 0. The van der Waals surface area contributed by atoms with Crippen molar-refractivity contribution in [1.29, 1.82) is 0 Å². The number of aryl methyl sites for hydroxylation is 2. The average molecular weight is 341 g/mol. The fourth-order valence-corrected chi connectivity index (χ4v) is 9.13. The average Bonchev–Trinajstić information content (AvgIpc) is 2.77. The number of hydrogen-bond acceptors (Lipinski definition) is 0. The third-order valence-corrected chi connectivity index (χ3v) is 12.5. The Bertz CT molecular complexity index is 668. The first-order chi connectivity index (χ1) is 11.2. The summed E-state index contributed by atoms with van der Waals surface area (Å²) >= 11 is 0. The number of rotatable bonds is 5. The predicted molar refractivity (Wildman–Crippen MR) is 112 cm³/mol. The van der Waals surface area contributed by atoms with Gasteiger partial charge in [-0.15, -0.1) is 0 Å². The van der Waals surface area contributed by atoms with E-state index in [1.807, 2.05) is 0 Å². The Morgan fingerprint density at radius 1 is 0.917 bits per heavy atom. The summed E-state index contributed by atoms with van der Waals surface area (Å²) in [5.74, 6) is 0.611. The van der Waals surface area contributed by atoms with Gasteiger partial charge in [-0.2, -0.15) is 0 Å². The molecule has 132 valence electrons. The zero-order valence-corrected chi connectivity index (χ0v) is 18.3. The lowest BCUT2D eigenvalue weighted by Crippen LogP contribution is -2.51. The third-order valence-electron chi connectivity index (χ3n) is 6.82. The zero-order valence-electron chi connectivity index (χ0n) is 17.3. The maximum absolute atomic E-state index is 2.62. The Balaban J connectivity index is 2.71. The van der Waals surface area contributed by atoms with E-state index < -0.39 is 8.07 Å². The number of allylic oxidation sites excluding steroid dienone is 4. The maximum atomic E-state index is 2.62. The molecule has 2 rings (SSSR count). The second-order valence-electron chi connectivity index (χ2n) is 8.17. The summed E-state index contributed by atoms with van der Waals surface area (Å²) in [7, 11) is -1.74. The molecule has 0 saturated carbocycles. The van der Waals surface area contributed by atoms with Gasteiger partial charge in [0.1, 0.15) is 8.07 Å². The van der Waals surface area contributed by atoms with Crippen molar-refractivity contribution in [2.24, 2.45) is 5.92 Å². The Morgan fingerprint density at radius 2 is 1.42 bits per heavy atom. The van der Waals surface area contributed by atoms with Crippen molar-refractivity contribution in [2.45, 2.75) is 80.3 Å². The molecule has 1 aromatic rings. The van der Waals surface area contributed by atoms with Crippen molar-refractivity contribution in [3.05, 3.63) is 51.2 Å². The van der Waals surface area contributed by atoms with Gasteiger partial charge >= 0.3 is 0 Å². The molecule has 0 spiro atoms. The van der Waals surface area contributed by atoms with Crippen LogP contribution in [0, 0.1) is 5.92 Å². The van der Waals surface area contributed by atoms with E-state index in [2.05, 4.69) is 80.1 Å². The lowest BCUT2D eigenvalue weighted by molar-refractivity contribution is 0.837. The van der Waals surface area contributed by atoms with E-state index in [4.69, 9.17) is 0 Å². The molecule has 1 aliphatic rings. The molecule has 1 aliphatic carbocycles. The van der Waals surface area contributed by atoms with Gasteiger partial charge in [0.2, 0.25) is 0 Å². The van der Waals surface area contributed by atoms with Crippen LogP contribution in [0.3, 0.4) is 0 Å². The van der Waals surface area contributed by atoms with Gasteiger partial charge in [0.05, 0.1) is 0 Å². The summed E-state index contributed by atoms with van der Waals surface area (Å²) < 4.78 is 0. The van der Waals surface area contributed by atoms with Gasteiger partial charge in [0, 0.05) is 0 Å². The van der Waals surface area contributed by atoms with E-state index in [9.17, 15) is 0 Å². The molecule has 0 aliphatic heterocycles. The van der Waals surface area contributed by atoms with Crippen molar-refractivity contribution >= 4 is 13.3 Å². The van der Waals surface area contributed by atoms with Crippen LogP contribution in [0.1, 0.15) is 66.5 Å². The van der Waals surface area contributed by atoms with E-state index in [0.717, 1.165) is 12.8 Å². The molecule has 2 atom stereocenters. The molecule has 0 bridgehead atoms. The molecule has 0 N–H and O–H groups in total. The largest absolute Gasteiger partial charge is 0.114 e. The Morgan fingerprint density at radius 3 is 1.75 bits per heavy atom. The molecular weight excluding hydrogens is 304 g/mol. The second-order valence-corrected chi connectivity index (χ2v) is 12.8. The van der Waals surface area contributed by atoms with Crippen molar-refractivity contribution in [3.63, 3.8) is 0 Å². The minimum atomic E-state index is -1.74. The van der Waals surface area contributed by atoms with E-state index >= 15 is 0 Å². The standard InChI is InChI=1S/C23H36Si/c1-10-20-12-21(11-2)14-22(13-20)24(9,15(3)4)23-18(7)16(5)17(6)19(23)8/h12-15,18H,10-11H2,1-9H3. The highest BCUT2D eigenvalue weighted by Crippen LogP contribution is 2.44. The normalized spacial score (nSPS) is 21.0. The molecule has 0 amide bonds. The van der Waals surface area contributed by atoms with Gasteiger partial charge in [-0.25, -0.2) is 0 Å². The monoisotopic (exact) mass is 340 g/mol. The molecule has 1 aromatic carbocycles. The highest BCUT2D eigenvalue weighted by molar-refractivity contribution is 6.98. The SMILES string of the molecule is CCc1cc(CC)cc([Si](C)(C2=C(C)C(C)=C(C)C2C)C(C)C)c1. The van der Waals surface area contributed by atoms with E-state index in [1.54, 1.807) is 27.1 Å². The van der Waals surface area contributed by atoms with Crippen LogP contribution in [-0.4, -0.2) is 8.07 Å². The smallest absolute Gasteiger partial charge is 0.0657 e. The lowest BCUT2D eigenvalue weighted by atomic mass is 10.1. The minimum Gasteiger partial charge on any atom is -0.0657 e. The van der Waals surface area contributed by atoms with Crippen molar-refractivity contribution in [1.82, 2.24) is 0 Å². The van der Waals surface area contributed by atoms with E-state index in [-0.39, 0.29) is 0 Å². The summed E-state index contributed by atoms with van der Waals surface area (Å²) in [5, 5.41) is 3.43. The molecule has 0 heterocycles. The molecule has 0 fully saturated rings. The van der Waals surface area contributed by atoms with Gasteiger partial charge < -0.3 is 0 Å². The second kappa shape index (κ2) is 7.04. The number of benzene rings is 1. The highest BCUT2D eigenvalue weighted by atomic mass is 28.3. The Hall–Kier alpha value is -1.08. The quantitative estimate of drug-likeness (QED) is 0.548.